The summed E-state index contributed by atoms with van der Waals surface area (Å²) in [6.45, 7) is 34.8. The van der Waals surface area contributed by atoms with Crippen LogP contribution in [0.1, 0.15) is 179 Å². The van der Waals surface area contributed by atoms with Crippen molar-refractivity contribution < 1.29 is 52.7 Å². The second-order valence-corrected chi connectivity index (χ2v) is 37.3. The van der Waals surface area contributed by atoms with Crippen molar-refractivity contribution in [1.29, 1.82) is 0 Å². The first kappa shape index (κ1) is 78.9. The van der Waals surface area contributed by atoms with Crippen LogP contribution < -0.4 is 0 Å². The van der Waals surface area contributed by atoms with Gasteiger partial charge in [0, 0.05) is 65.8 Å². The molecule has 0 spiro atoms. The van der Waals surface area contributed by atoms with Gasteiger partial charge in [-0.1, -0.05) is 190 Å². The van der Waals surface area contributed by atoms with Crippen LogP contribution in [-0.2, 0) is 63.6 Å². The summed E-state index contributed by atoms with van der Waals surface area (Å²) < 4.78 is 203. The Hall–Kier alpha value is -11.0. The molecular formula is C100H90F12N4. The zero-order chi connectivity index (χ0) is 83.4. The van der Waals surface area contributed by atoms with Crippen molar-refractivity contribution in [3.8, 4) is 45.0 Å². The second-order valence-electron chi connectivity index (χ2n) is 37.3. The molecule has 16 rings (SSSR count). The monoisotopic (exact) mass is 1570 g/mol. The van der Waals surface area contributed by atoms with Crippen LogP contribution in [0.3, 0.4) is 0 Å². The van der Waals surface area contributed by atoms with Crippen LogP contribution in [0.25, 0.3) is 132 Å². The van der Waals surface area contributed by atoms with E-state index in [4.69, 9.17) is 0 Å². The fourth-order valence-corrected chi connectivity index (χ4v) is 17.4. The van der Waals surface area contributed by atoms with Gasteiger partial charge in [-0.2, -0.15) is 52.7 Å². The maximum absolute atomic E-state index is 17.4. The second kappa shape index (κ2) is 26.5. The Morgan fingerprint density at radius 1 is 0.216 bits per heavy atom. The number of fused-ring (bicyclic) bond motifs is 12. The SMILES string of the molecule is CC(C)(C)c1ccc2c(c1)c1ccccc1n2-c1ccc(C(F)(F)F)c(-c2cc(-n3c4ccccc4c4cc(C(C)(C)Cc5cc(-n6c7ccc(C(C)(C)C)cc7c7cc(C(C)(C)C)ccc76)cc(-c6cc(-n7c8ccc(C(C)(C)C)cc8c8cc(C(C)(C)C)ccc87)ccc6C(F)(F)F)c5C(F)(F)F)ccc43)ccc2C(F)(F)F)c1. The Bertz CT molecular complexity index is 6570. The molecule has 0 unspecified atom stereocenters. The highest BCUT2D eigenvalue weighted by Gasteiger charge is 2.44. The third-order valence-corrected chi connectivity index (χ3v) is 23.6. The van der Waals surface area contributed by atoms with Crippen LogP contribution in [-0.4, -0.2) is 18.3 Å². The molecule has 0 saturated heterocycles. The lowest BCUT2D eigenvalue weighted by atomic mass is 9.76. The van der Waals surface area contributed by atoms with E-state index < -0.39 is 81.0 Å². The van der Waals surface area contributed by atoms with Crippen molar-refractivity contribution in [2.75, 3.05) is 0 Å². The number of hydrogen-bond acceptors (Lipinski definition) is 0. The number of benzene rings is 12. The number of halogens is 12. The number of rotatable bonds is 9. The topological polar surface area (TPSA) is 19.7 Å². The molecule has 16 aromatic rings. The summed E-state index contributed by atoms with van der Waals surface area (Å²) in [5, 5.41) is 5.89. The van der Waals surface area contributed by atoms with Crippen LogP contribution in [0.15, 0.2) is 224 Å². The minimum absolute atomic E-state index is 0.0783. The van der Waals surface area contributed by atoms with Gasteiger partial charge < -0.3 is 18.3 Å². The van der Waals surface area contributed by atoms with Gasteiger partial charge >= 0.3 is 24.7 Å². The Kier molecular flexibility index (Phi) is 18.0. The number of nitrogens with zero attached hydrogens (tertiary/aromatic N) is 4. The lowest BCUT2D eigenvalue weighted by Crippen LogP contribution is -2.24. The smallest absolute Gasteiger partial charge is 0.309 e. The molecular weight excluding hydrogens is 1490 g/mol. The number of alkyl halides is 12. The predicted molar refractivity (Wildman–Crippen MR) is 451 cm³/mol. The van der Waals surface area contributed by atoms with E-state index in [9.17, 15) is 0 Å². The third-order valence-electron chi connectivity index (χ3n) is 23.6. The number of hydrogen-bond donors (Lipinski definition) is 0. The zero-order valence-corrected chi connectivity index (χ0v) is 67.9. The van der Waals surface area contributed by atoms with Crippen molar-refractivity contribution in [1.82, 2.24) is 18.3 Å². The van der Waals surface area contributed by atoms with Crippen LogP contribution in [0.4, 0.5) is 52.7 Å². The molecule has 0 atom stereocenters. The van der Waals surface area contributed by atoms with Crippen molar-refractivity contribution in [3.05, 3.63) is 286 Å². The van der Waals surface area contributed by atoms with Gasteiger partial charge in [-0.25, -0.2) is 0 Å². The van der Waals surface area contributed by atoms with Gasteiger partial charge in [0.2, 0.25) is 0 Å². The van der Waals surface area contributed by atoms with E-state index >= 15 is 52.7 Å². The molecule has 0 N–H and O–H groups in total. The van der Waals surface area contributed by atoms with Crippen molar-refractivity contribution in [2.45, 2.75) is 181 Å². The molecule has 0 aliphatic rings. The summed E-state index contributed by atoms with van der Waals surface area (Å²) in [7, 11) is 0. The minimum Gasteiger partial charge on any atom is -0.309 e. The molecule has 116 heavy (non-hydrogen) atoms. The van der Waals surface area contributed by atoms with Gasteiger partial charge in [0.1, 0.15) is 0 Å². The molecule has 12 aromatic carbocycles. The zero-order valence-electron chi connectivity index (χ0n) is 67.9. The maximum atomic E-state index is 17.4. The molecule has 0 aliphatic heterocycles. The van der Waals surface area contributed by atoms with E-state index in [0.717, 1.165) is 84.4 Å². The Labute approximate surface area is 666 Å². The largest absolute Gasteiger partial charge is 0.417 e. The lowest BCUT2D eigenvalue weighted by molar-refractivity contribution is -0.139. The van der Waals surface area contributed by atoms with Crippen LogP contribution in [0.5, 0.6) is 0 Å². The standard InChI is InChI=1S/C100H90F12N4/c1-91(2,3)57-26-38-84-72(45-57)67-22-18-20-24-82(67)113(84)63-32-35-79(97(101,102)103)69(51-63)70-52-64(33-36-80(70)98(104,105)106)114-83-25-21-19-23-68(83)73-50-62(31-43-85(73)114)96(16,17)55-56-44-66(116-88-41-29-60(94(10,11)12)48-76(88)77-49-61(95(13,14)15)30-42-89(77)116)54-78(90(56)100(110,111)112)71-53-65(34-37-81(71)99(107,108)109)115-86-39-27-58(92(4,5)6)46-74(86)75-47-59(93(7,8)9)28-40-87(75)115/h18-54H,55H2,1-17H3. The molecule has 0 saturated carbocycles. The van der Waals surface area contributed by atoms with Gasteiger partial charge in [-0.15, -0.1) is 0 Å². The van der Waals surface area contributed by atoms with E-state index in [1.165, 1.54) is 42.5 Å². The summed E-state index contributed by atoms with van der Waals surface area (Å²) in [6, 6.07) is 62.0. The highest BCUT2D eigenvalue weighted by Crippen LogP contribution is 2.52. The van der Waals surface area contributed by atoms with Crippen molar-refractivity contribution in [3.63, 3.8) is 0 Å². The molecule has 4 heterocycles. The van der Waals surface area contributed by atoms with Gasteiger partial charge in [0.25, 0.3) is 0 Å². The van der Waals surface area contributed by atoms with E-state index in [0.29, 0.717) is 60.5 Å². The fourth-order valence-electron chi connectivity index (χ4n) is 17.4. The van der Waals surface area contributed by atoms with Crippen LogP contribution in [0, 0.1) is 0 Å². The maximum Gasteiger partial charge on any atom is 0.417 e. The summed E-state index contributed by atoms with van der Waals surface area (Å²) in [6.07, 6.45) is -21.2. The van der Waals surface area contributed by atoms with Gasteiger partial charge in [-0.3, -0.25) is 0 Å². The average Bonchev–Trinajstić information content (AvgIpc) is 1.49. The van der Waals surface area contributed by atoms with Crippen LogP contribution >= 0.6 is 0 Å². The molecule has 0 amide bonds. The highest BCUT2D eigenvalue weighted by atomic mass is 19.4. The van der Waals surface area contributed by atoms with Gasteiger partial charge in [-0.05, 0) is 252 Å². The molecule has 594 valence electrons. The Morgan fingerprint density at radius 3 is 0.741 bits per heavy atom. The molecule has 0 aliphatic carbocycles. The first-order valence-corrected chi connectivity index (χ1v) is 39.1. The van der Waals surface area contributed by atoms with Crippen molar-refractivity contribution >= 4 is 87.2 Å². The van der Waals surface area contributed by atoms with E-state index in [1.54, 1.807) is 71.5 Å². The molecule has 4 aromatic heterocycles. The molecule has 4 nitrogen and oxygen atoms in total. The van der Waals surface area contributed by atoms with E-state index in [1.807, 2.05) is 94.1 Å². The third kappa shape index (κ3) is 13.6. The minimum atomic E-state index is -5.30. The van der Waals surface area contributed by atoms with Crippen molar-refractivity contribution in [2.24, 2.45) is 0 Å². The summed E-state index contributed by atoms with van der Waals surface area (Å²) >= 11 is 0. The summed E-state index contributed by atoms with van der Waals surface area (Å²) in [5.74, 6) is 0. The number of aromatic nitrogens is 4. The first-order valence-electron chi connectivity index (χ1n) is 39.1. The fraction of sp³-hybridized carbons (Fsp3) is 0.280. The average molecular weight is 1580 g/mol. The molecule has 0 radical (unpaired) electrons. The molecule has 0 bridgehead atoms. The van der Waals surface area contributed by atoms with E-state index in [-0.39, 0.29) is 55.4 Å². The number of para-hydroxylation sites is 2. The van der Waals surface area contributed by atoms with E-state index in [2.05, 4.69) is 128 Å². The Balaban J connectivity index is 0.909. The first-order chi connectivity index (χ1) is 53.9. The van der Waals surface area contributed by atoms with Gasteiger partial charge in [0.15, 0.2) is 0 Å². The quantitative estimate of drug-likeness (QED) is 0.128. The molecule has 16 heteroatoms. The lowest BCUT2D eigenvalue weighted by Gasteiger charge is -2.30. The Morgan fingerprint density at radius 2 is 0.457 bits per heavy atom. The molecule has 0 fully saturated rings. The van der Waals surface area contributed by atoms with Gasteiger partial charge in [0.05, 0.1) is 66.4 Å². The normalized spacial score (nSPS) is 13.6. The predicted octanol–water partition coefficient (Wildman–Crippen LogP) is 30.5. The highest BCUT2D eigenvalue weighted by molar-refractivity contribution is 6.13. The summed E-state index contributed by atoms with van der Waals surface area (Å²) in [5.41, 5.74) is -0.471. The summed E-state index contributed by atoms with van der Waals surface area (Å²) in [4.78, 5) is 0. The van der Waals surface area contributed by atoms with Crippen LogP contribution in [0.2, 0.25) is 0 Å².